The number of benzene rings is 2. The highest BCUT2D eigenvalue weighted by Crippen LogP contribution is 2.45. The Kier molecular flexibility index (Phi) is 5.79. The molecule has 0 aliphatic carbocycles. The van der Waals surface area contributed by atoms with Crippen molar-refractivity contribution in [1.82, 2.24) is 0 Å². The fourth-order valence-corrected chi connectivity index (χ4v) is 2.71. The highest BCUT2D eigenvalue weighted by atomic mass is 16.5. The molecule has 0 heterocycles. The summed E-state index contributed by atoms with van der Waals surface area (Å²) < 4.78 is 17.3. The van der Waals surface area contributed by atoms with Gasteiger partial charge >= 0.3 is 0 Å². The first kappa shape index (κ1) is 17.8. The molecule has 2 aromatic carbocycles. The number of hydrogen-bond donors (Lipinski definition) is 2. The number of nitrogens with two attached hydrogens (primary N) is 2. The monoisotopic (exact) mass is 330 g/mol. The molecule has 0 amide bonds. The van der Waals surface area contributed by atoms with Crippen LogP contribution in [0.4, 0.5) is 11.4 Å². The van der Waals surface area contributed by atoms with Crippen LogP contribution in [0.25, 0.3) is 11.1 Å². The first-order valence-electron chi connectivity index (χ1n) is 8.25. The lowest BCUT2D eigenvalue weighted by Crippen LogP contribution is -2.04. The van der Waals surface area contributed by atoms with Gasteiger partial charge in [0.25, 0.3) is 0 Å². The van der Waals surface area contributed by atoms with Gasteiger partial charge in [0.2, 0.25) is 0 Å². The van der Waals surface area contributed by atoms with E-state index < -0.39 is 0 Å². The van der Waals surface area contributed by atoms with Crippen LogP contribution in [0, 0.1) is 6.92 Å². The number of nitrogen functional groups attached to an aromatic ring is 2. The van der Waals surface area contributed by atoms with E-state index in [4.69, 9.17) is 25.7 Å². The molecule has 0 radical (unpaired) electrons. The van der Waals surface area contributed by atoms with Gasteiger partial charge in [0.1, 0.15) is 5.75 Å². The van der Waals surface area contributed by atoms with Gasteiger partial charge in [-0.05, 0) is 51.5 Å². The highest BCUT2D eigenvalue weighted by molar-refractivity contribution is 5.83. The van der Waals surface area contributed by atoms with E-state index in [0.29, 0.717) is 48.4 Å². The maximum absolute atomic E-state index is 6.07. The molecule has 0 aliphatic heterocycles. The van der Waals surface area contributed by atoms with Crippen molar-refractivity contribution < 1.29 is 14.2 Å². The topological polar surface area (TPSA) is 79.7 Å². The summed E-state index contributed by atoms with van der Waals surface area (Å²) in [6.07, 6.45) is 0. The molecule has 2 aromatic rings. The van der Waals surface area contributed by atoms with Crippen LogP contribution in [0.5, 0.6) is 17.2 Å². The third-order valence-electron chi connectivity index (χ3n) is 3.74. The van der Waals surface area contributed by atoms with Gasteiger partial charge in [-0.3, -0.25) is 0 Å². The SMILES string of the molecule is CCOc1c(N)ccc(-c2ccc(N)c(OCC)c2OCC)c1C. The molecule has 0 aliphatic rings. The second-order valence-electron chi connectivity index (χ2n) is 5.32. The lowest BCUT2D eigenvalue weighted by molar-refractivity contribution is 0.290. The molecule has 24 heavy (non-hydrogen) atoms. The highest BCUT2D eigenvalue weighted by Gasteiger charge is 2.19. The summed E-state index contributed by atoms with van der Waals surface area (Å²) >= 11 is 0. The van der Waals surface area contributed by atoms with Crippen LogP contribution in [0.2, 0.25) is 0 Å². The Bertz CT molecular complexity index is 714. The summed E-state index contributed by atoms with van der Waals surface area (Å²) in [5, 5.41) is 0. The largest absolute Gasteiger partial charge is 0.491 e. The zero-order chi connectivity index (χ0) is 17.7. The predicted octanol–water partition coefficient (Wildman–Crippen LogP) is 4.02. The van der Waals surface area contributed by atoms with E-state index in [1.807, 2.05) is 52.0 Å². The van der Waals surface area contributed by atoms with Crippen molar-refractivity contribution in [2.75, 3.05) is 31.3 Å². The second-order valence-corrected chi connectivity index (χ2v) is 5.32. The van der Waals surface area contributed by atoms with Gasteiger partial charge in [-0.1, -0.05) is 6.07 Å². The Hall–Kier alpha value is -2.56. The standard InChI is InChI=1S/C19H26N2O3/c1-5-22-17-12(4)13(8-10-15(17)20)14-9-11-16(21)19(24-7-3)18(14)23-6-2/h8-11H,5-7,20-21H2,1-4H3. The third kappa shape index (κ3) is 3.35. The summed E-state index contributed by atoms with van der Waals surface area (Å²) in [5.74, 6) is 1.92. The van der Waals surface area contributed by atoms with Crippen LogP contribution in [0.3, 0.4) is 0 Å². The quantitative estimate of drug-likeness (QED) is 0.749. The molecule has 5 heteroatoms. The molecule has 0 saturated heterocycles. The van der Waals surface area contributed by atoms with Crippen LogP contribution < -0.4 is 25.7 Å². The molecule has 4 N–H and O–H groups in total. The van der Waals surface area contributed by atoms with Gasteiger partial charge in [0.15, 0.2) is 11.5 Å². The maximum atomic E-state index is 6.07. The fraction of sp³-hybridized carbons (Fsp3) is 0.368. The lowest BCUT2D eigenvalue weighted by Gasteiger charge is -2.20. The van der Waals surface area contributed by atoms with Gasteiger partial charge < -0.3 is 25.7 Å². The number of rotatable bonds is 7. The minimum Gasteiger partial charge on any atom is -0.491 e. The molecule has 130 valence electrons. The molecular weight excluding hydrogens is 304 g/mol. The van der Waals surface area contributed by atoms with Crippen molar-refractivity contribution in [3.05, 3.63) is 29.8 Å². The number of ether oxygens (including phenoxy) is 3. The van der Waals surface area contributed by atoms with E-state index in [-0.39, 0.29) is 0 Å². The molecule has 0 aromatic heterocycles. The normalized spacial score (nSPS) is 10.5. The van der Waals surface area contributed by atoms with Crippen molar-refractivity contribution in [3.63, 3.8) is 0 Å². The molecule has 0 bridgehead atoms. The lowest BCUT2D eigenvalue weighted by atomic mass is 9.97. The Labute approximate surface area is 143 Å². The molecule has 0 unspecified atom stereocenters. The Morgan fingerprint density at radius 3 is 1.71 bits per heavy atom. The van der Waals surface area contributed by atoms with Gasteiger partial charge in [-0.25, -0.2) is 0 Å². The zero-order valence-corrected chi connectivity index (χ0v) is 14.8. The van der Waals surface area contributed by atoms with Crippen LogP contribution in [0.15, 0.2) is 24.3 Å². The Balaban J connectivity index is 2.68. The van der Waals surface area contributed by atoms with Crippen molar-refractivity contribution in [1.29, 1.82) is 0 Å². The van der Waals surface area contributed by atoms with Crippen LogP contribution in [-0.2, 0) is 0 Å². The molecule has 0 spiro atoms. The summed E-state index contributed by atoms with van der Waals surface area (Å²) in [4.78, 5) is 0. The van der Waals surface area contributed by atoms with Crippen LogP contribution in [0.1, 0.15) is 26.3 Å². The summed E-state index contributed by atoms with van der Waals surface area (Å²) in [6.45, 7) is 9.37. The smallest absolute Gasteiger partial charge is 0.184 e. The molecule has 2 rings (SSSR count). The summed E-state index contributed by atoms with van der Waals surface area (Å²) in [7, 11) is 0. The van der Waals surface area contributed by atoms with Gasteiger partial charge in [-0.2, -0.15) is 0 Å². The van der Waals surface area contributed by atoms with Gasteiger partial charge in [0.05, 0.1) is 31.2 Å². The predicted molar refractivity (Wildman–Crippen MR) is 98.9 cm³/mol. The molecular formula is C19H26N2O3. The average molecular weight is 330 g/mol. The average Bonchev–Trinajstić information content (AvgIpc) is 2.56. The minimum atomic E-state index is 0.513. The van der Waals surface area contributed by atoms with E-state index in [1.54, 1.807) is 0 Å². The van der Waals surface area contributed by atoms with Crippen molar-refractivity contribution in [2.24, 2.45) is 0 Å². The first-order valence-corrected chi connectivity index (χ1v) is 8.25. The fourth-order valence-electron chi connectivity index (χ4n) is 2.71. The molecule has 0 saturated carbocycles. The molecule has 5 nitrogen and oxygen atoms in total. The van der Waals surface area contributed by atoms with Crippen molar-refractivity contribution in [2.45, 2.75) is 27.7 Å². The second kappa shape index (κ2) is 7.81. The van der Waals surface area contributed by atoms with Crippen LogP contribution >= 0.6 is 0 Å². The van der Waals surface area contributed by atoms with Gasteiger partial charge in [0, 0.05) is 11.1 Å². The molecule has 0 atom stereocenters. The van der Waals surface area contributed by atoms with Crippen LogP contribution in [-0.4, -0.2) is 19.8 Å². The van der Waals surface area contributed by atoms with Crippen molar-refractivity contribution >= 4 is 11.4 Å². The van der Waals surface area contributed by atoms with E-state index in [1.165, 1.54) is 0 Å². The van der Waals surface area contributed by atoms with Gasteiger partial charge in [-0.15, -0.1) is 0 Å². The zero-order valence-electron chi connectivity index (χ0n) is 14.8. The number of hydrogen-bond acceptors (Lipinski definition) is 5. The van der Waals surface area contributed by atoms with E-state index in [9.17, 15) is 0 Å². The summed E-state index contributed by atoms with van der Waals surface area (Å²) in [5.41, 5.74) is 16.2. The molecule has 0 fully saturated rings. The Morgan fingerprint density at radius 1 is 0.667 bits per heavy atom. The Morgan fingerprint density at radius 2 is 1.12 bits per heavy atom. The van der Waals surface area contributed by atoms with E-state index in [2.05, 4.69) is 0 Å². The minimum absolute atomic E-state index is 0.513. The number of anilines is 2. The van der Waals surface area contributed by atoms with E-state index in [0.717, 1.165) is 16.7 Å². The van der Waals surface area contributed by atoms with Crippen molar-refractivity contribution in [3.8, 4) is 28.4 Å². The third-order valence-corrected chi connectivity index (χ3v) is 3.74. The first-order chi connectivity index (χ1) is 11.5. The summed E-state index contributed by atoms with van der Waals surface area (Å²) in [6, 6.07) is 7.59. The van der Waals surface area contributed by atoms with E-state index >= 15 is 0 Å². The maximum Gasteiger partial charge on any atom is 0.184 e.